The highest BCUT2D eigenvalue weighted by Gasteiger charge is 2.15. The van der Waals surface area contributed by atoms with Crippen LogP contribution in [0.25, 0.3) is 0 Å². The van der Waals surface area contributed by atoms with Gasteiger partial charge in [0.15, 0.2) is 0 Å². The fourth-order valence-electron chi connectivity index (χ4n) is 3.25. The number of para-hydroxylation sites is 1. The molecular weight excluding hydrogens is 358 g/mol. The predicted molar refractivity (Wildman–Crippen MR) is 120 cm³/mol. The van der Waals surface area contributed by atoms with Gasteiger partial charge >= 0.3 is 5.97 Å². The van der Waals surface area contributed by atoms with Crippen molar-refractivity contribution in [2.75, 3.05) is 11.5 Å². The van der Waals surface area contributed by atoms with Crippen LogP contribution in [0.1, 0.15) is 23.1 Å². The highest BCUT2D eigenvalue weighted by Crippen LogP contribution is 2.37. The van der Waals surface area contributed by atoms with Crippen LogP contribution in [0.5, 0.6) is 0 Å². The smallest absolute Gasteiger partial charge is 0.330 e. The molecule has 0 bridgehead atoms. The summed E-state index contributed by atoms with van der Waals surface area (Å²) in [5.41, 5.74) is 7.04. The van der Waals surface area contributed by atoms with Crippen LogP contribution in [0.4, 0.5) is 17.1 Å². The SMILES string of the molecule is C=CC(=O)OCCCc1ccccc1N(c1ccc(C)cc1)c1ccc(C)cc1. The lowest BCUT2D eigenvalue weighted by molar-refractivity contribution is -0.137. The summed E-state index contributed by atoms with van der Waals surface area (Å²) in [6.07, 6.45) is 2.77. The van der Waals surface area contributed by atoms with Crippen LogP contribution in [-0.4, -0.2) is 12.6 Å². The van der Waals surface area contributed by atoms with E-state index in [4.69, 9.17) is 4.74 Å². The second-order valence-electron chi connectivity index (χ2n) is 7.11. The van der Waals surface area contributed by atoms with Crippen molar-refractivity contribution in [1.29, 1.82) is 0 Å². The molecule has 3 aromatic rings. The Balaban J connectivity index is 1.93. The quantitative estimate of drug-likeness (QED) is 0.254. The Kier molecular flexibility index (Phi) is 6.85. The first-order valence-electron chi connectivity index (χ1n) is 9.89. The van der Waals surface area contributed by atoms with E-state index in [1.54, 1.807) is 0 Å². The summed E-state index contributed by atoms with van der Waals surface area (Å²) in [6, 6.07) is 25.5. The van der Waals surface area contributed by atoms with Gasteiger partial charge in [0.2, 0.25) is 0 Å². The summed E-state index contributed by atoms with van der Waals surface area (Å²) in [4.78, 5) is 13.6. The number of esters is 1. The van der Waals surface area contributed by atoms with E-state index in [0.29, 0.717) is 6.61 Å². The fourth-order valence-corrected chi connectivity index (χ4v) is 3.25. The minimum atomic E-state index is -0.376. The molecule has 0 atom stereocenters. The summed E-state index contributed by atoms with van der Waals surface area (Å²) < 4.78 is 5.14. The lowest BCUT2D eigenvalue weighted by Crippen LogP contribution is -2.12. The molecule has 0 saturated heterocycles. The van der Waals surface area contributed by atoms with Crippen molar-refractivity contribution in [2.24, 2.45) is 0 Å². The maximum atomic E-state index is 11.3. The van der Waals surface area contributed by atoms with Crippen LogP contribution >= 0.6 is 0 Å². The molecule has 0 N–H and O–H groups in total. The summed E-state index contributed by atoms with van der Waals surface area (Å²) >= 11 is 0. The van der Waals surface area contributed by atoms with Gasteiger partial charge in [-0.05, 0) is 62.6 Å². The van der Waals surface area contributed by atoms with Gasteiger partial charge < -0.3 is 9.64 Å². The van der Waals surface area contributed by atoms with Crippen molar-refractivity contribution < 1.29 is 9.53 Å². The zero-order valence-electron chi connectivity index (χ0n) is 17.1. The van der Waals surface area contributed by atoms with Gasteiger partial charge in [0, 0.05) is 23.1 Å². The lowest BCUT2D eigenvalue weighted by atomic mass is 10.0. The molecule has 0 amide bonds. The minimum Gasteiger partial charge on any atom is -0.463 e. The Hall–Kier alpha value is -3.33. The maximum Gasteiger partial charge on any atom is 0.330 e. The first-order valence-corrected chi connectivity index (χ1v) is 9.89. The molecule has 0 saturated carbocycles. The molecule has 0 aliphatic heterocycles. The van der Waals surface area contributed by atoms with Gasteiger partial charge in [-0.1, -0.05) is 60.2 Å². The molecule has 0 heterocycles. The number of ether oxygens (including phenoxy) is 1. The maximum absolute atomic E-state index is 11.3. The normalized spacial score (nSPS) is 10.4. The Morgan fingerprint density at radius 1 is 0.897 bits per heavy atom. The molecule has 0 radical (unpaired) electrons. The first-order chi connectivity index (χ1) is 14.1. The monoisotopic (exact) mass is 385 g/mol. The highest BCUT2D eigenvalue weighted by molar-refractivity contribution is 5.81. The van der Waals surface area contributed by atoms with E-state index in [1.807, 2.05) is 0 Å². The molecule has 0 unspecified atom stereocenters. The van der Waals surface area contributed by atoms with E-state index in [2.05, 4.69) is 98.1 Å². The second-order valence-corrected chi connectivity index (χ2v) is 7.11. The van der Waals surface area contributed by atoms with Gasteiger partial charge in [0.25, 0.3) is 0 Å². The van der Waals surface area contributed by atoms with Gasteiger partial charge in [-0.15, -0.1) is 0 Å². The number of benzene rings is 3. The van der Waals surface area contributed by atoms with Gasteiger partial charge in [-0.3, -0.25) is 0 Å². The molecule has 3 rings (SSSR count). The van der Waals surface area contributed by atoms with E-state index in [1.165, 1.54) is 22.8 Å². The van der Waals surface area contributed by atoms with E-state index >= 15 is 0 Å². The van der Waals surface area contributed by atoms with E-state index in [-0.39, 0.29) is 5.97 Å². The third kappa shape index (κ3) is 5.35. The Bertz CT molecular complexity index is 913. The van der Waals surface area contributed by atoms with Crippen LogP contribution in [0.3, 0.4) is 0 Å². The first kappa shape index (κ1) is 20.4. The van der Waals surface area contributed by atoms with Gasteiger partial charge in [-0.25, -0.2) is 4.79 Å². The standard InChI is InChI=1S/C26H27NO2/c1-4-26(28)29-19-7-9-22-8-5-6-10-25(22)27(23-15-11-20(2)12-16-23)24-17-13-21(3)14-18-24/h4-6,8,10-18H,1,7,9,19H2,2-3H3. The zero-order chi connectivity index (χ0) is 20.6. The van der Waals surface area contributed by atoms with Crippen molar-refractivity contribution in [3.63, 3.8) is 0 Å². The van der Waals surface area contributed by atoms with Gasteiger partial charge in [0.1, 0.15) is 0 Å². The molecule has 0 aliphatic carbocycles. The summed E-state index contributed by atoms with van der Waals surface area (Å²) in [5.74, 6) is -0.376. The van der Waals surface area contributed by atoms with Crippen molar-refractivity contribution in [2.45, 2.75) is 26.7 Å². The van der Waals surface area contributed by atoms with Crippen molar-refractivity contribution in [3.05, 3.63) is 102 Å². The zero-order valence-corrected chi connectivity index (χ0v) is 17.1. The van der Waals surface area contributed by atoms with Crippen LogP contribution < -0.4 is 4.90 Å². The van der Waals surface area contributed by atoms with Crippen LogP contribution in [0.2, 0.25) is 0 Å². The average molecular weight is 386 g/mol. The highest BCUT2D eigenvalue weighted by atomic mass is 16.5. The van der Waals surface area contributed by atoms with Crippen LogP contribution in [0.15, 0.2) is 85.5 Å². The third-order valence-corrected chi connectivity index (χ3v) is 4.82. The largest absolute Gasteiger partial charge is 0.463 e. The Morgan fingerprint density at radius 2 is 1.45 bits per heavy atom. The van der Waals surface area contributed by atoms with Gasteiger partial charge in [-0.2, -0.15) is 0 Å². The molecule has 148 valence electrons. The minimum absolute atomic E-state index is 0.376. The molecule has 29 heavy (non-hydrogen) atoms. The van der Waals surface area contributed by atoms with Crippen molar-refractivity contribution in [1.82, 2.24) is 0 Å². The summed E-state index contributed by atoms with van der Waals surface area (Å²) in [7, 11) is 0. The van der Waals surface area contributed by atoms with E-state index < -0.39 is 0 Å². The lowest BCUT2D eigenvalue weighted by Gasteiger charge is -2.28. The van der Waals surface area contributed by atoms with E-state index in [0.717, 1.165) is 29.9 Å². The molecule has 3 heteroatoms. The molecule has 0 fully saturated rings. The molecule has 0 aromatic heterocycles. The van der Waals surface area contributed by atoms with Gasteiger partial charge in [0.05, 0.1) is 6.61 Å². The second kappa shape index (κ2) is 9.74. The van der Waals surface area contributed by atoms with E-state index in [9.17, 15) is 4.79 Å². The average Bonchev–Trinajstić information content (AvgIpc) is 2.74. The molecule has 0 aliphatic rings. The summed E-state index contributed by atoms with van der Waals surface area (Å²) in [6.45, 7) is 8.01. The van der Waals surface area contributed by atoms with Crippen molar-refractivity contribution in [3.8, 4) is 0 Å². The molecule has 0 spiro atoms. The molecule has 3 aromatic carbocycles. The topological polar surface area (TPSA) is 29.5 Å². The molecular formula is C26H27NO2. The van der Waals surface area contributed by atoms with Crippen molar-refractivity contribution >= 4 is 23.0 Å². The number of aryl methyl sites for hydroxylation is 3. The van der Waals surface area contributed by atoms with Crippen LogP contribution in [-0.2, 0) is 16.0 Å². The fraction of sp³-hybridized carbons (Fsp3) is 0.192. The third-order valence-electron chi connectivity index (χ3n) is 4.82. The number of hydrogen-bond donors (Lipinski definition) is 0. The number of anilines is 3. The Labute approximate surface area is 173 Å². The summed E-state index contributed by atoms with van der Waals surface area (Å²) in [5, 5.41) is 0. The number of carbonyl (C=O) groups excluding carboxylic acids is 1. The number of hydrogen-bond acceptors (Lipinski definition) is 3. The molecule has 3 nitrogen and oxygen atoms in total. The number of carbonyl (C=O) groups is 1. The Morgan fingerprint density at radius 3 is 2.00 bits per heavy atom. The number of nitrogens with zero attached hydrogens (tertiary/aromatic N) is 1. The van der Waals surface area contributed by atoms with Crippen LogP contribution in [0, 0.1) is 13.8 Å². The predicted octanol–water partition coefficient (Wildman–Crippen LogP) is 6.44. The number of rotatable bonds is 8.